The molecule has 18 heavy (non-hydrogen) atoms. The third-order valence-corrected chi connectivity index (χ3v) is 3.06. The summed E-state index contributed by atoms with van der Waals surface area (Å²) in [5.41, 5.74) is 7.89. The molecule has 0 unspecified atom stereocenters. The van der Waals surface area contributed by atoms with Crippen LogP contribution in [0.2, 0.25) is 0 Å². The van der Waals surface area contributed by atoms with Crippen LogP contribution in [0.25, 0.3) is 11.0 Å². The summed E-state index contributed by atoms with van der Waals surface area (Å²) in [5, 5.41) is 1.15. The summed E-state index contributed by atoms with van der Waals surface area (Å²) >= 11 is 0. The van der Waals surface area contributed by atoms with Gasteiger partial charge in [-0.25, -0.2) is 4.98 Å². The molecule has 2 N–H and O–H groups in total. The highest BCUT2D eigenvalue weighted by Gasteiger charge is 2.07. The van der Waals surface area contributed by atoms with Gasteiger partial charge in [0, 0.05) is 37.5 Å². The number of nitrogens with two attached hydrogens (primary N) is 1. The van der Waals surface area contributed by atoms with Crippen molar-refractivity contribution in [3.05, 3.63) is 30.1 Å². The number of aromatic nitrogens is 2. The molecule has 2 heterocycles. The SMILES string of the molecule is CCCCOCCn1cc(CN)c2cccnc21. The van der Waals surface area contributed by atoms with Gasteiger partial charge < -0.3 is 15.0 Å². The Morgan fingerprint density at radius 2 is 2.28 bits per heavy atom. The van der Waals surface area contributed by atoms with Crippen molar-refractivity contribution in [1.82, 2.24) is 9.55 Å². The molecule has 2 aromatic heterocycles. The molecule has 0 fully saturated rings. The summed E-state index contributed by atoms with van der Waals surface area (Å²) in [5.74, 6) is 0. The van der Waals surface area contributed by atoms with Gasteiger partial charge in [-0.15, -0.1) is 0 Å². The molecule has 98 valence electrons. The Morgan fingerprint density at radius 1 is 1.39 bits per heavy atom. The van der Waals surface area contributed by atoms with Gasteiger partial charge in [-0.05, 0) is 24.1 Å². The van der Waals surface area contributed by atoms with Crippen LogP contribution in [-0.2, 0) is 17.8 Å². The van der Waals surface area contributed by atoms with E-state index in [1.165, 1.54) is 6.42 Å². The molecule has 0 aliphatic heterocycles. The molecular weight excluding hydrogens is 226 g/mol. The number of ether oxygens (including phenoxy) is 1. The van der Waals surface area contributed by atoms with E-state index in [-0.39, 0.29) is 0 Å². The molecule has 0 aliphatic rings. The van der Waals surface area contributed by atoms with E-state index in [0.29, 0.717) is 6.54 Å². The van der Waals surface area contributed by atoms with Crippen molar-refractivity contribution >= 4 is 11.0 Å². The van der Waals surface area contributed by atoms with Crippen LogP contribution in [0, 0.1) is 0 Å². The zero-order valence-corrected chi connectivity index (χ0v) is 10.9. The normalized spacial score (nSPS) is 11.2. The molecule has 0 saturated heterocycles. The molecule has 0 aromatic carbocycles. The van der Waals surface area contributed by atoms with Crippen LogP contribution >= 0.6 is 0 Å². The maximum absolute atomic E-state index is 5.75. The van der Waals surface area contributed by atoms with E-state index in [2.05, 4.69) is 28.7 Å². The summed E-state index contributed by atoms with van der Waals surface area (Å²) in [6.45, 7) is 5.11. The van der Waals surface area contributed by atoms with E-state index < -0.39 is 0 Å². The minimum absolute atomic E-state index is 0.548. The average Bonchev–Trinajstić information content (AvgIpc) is 2.77. The molecular formula is C14H21N3O. The first-order valence-electron chi connectivity index (χ1n) is 6.57. The van der Waals surface area contributed by atoms with E-state index in [4.69, 9.17) is 10.5 Å². The standard InChI is InChI=1S/C14H21N3O/c1-2-3-8-18-9-7-17-11-12(10-15)13-5-4-6-16-14(13)17/h4-6,11H,2-3,7-10,15H2,1H3. The van der Waals surface area contributed by atoms with Gasteiger partial charge >= 0.3 is 0 Å². The van der Waals surface area contributed by atoms with Crippen molar-refractivity contribution in [2.24, 2.45) is 5.73 Å². The van der Waals surface area contributed by atoms with Gasteiger partial charge in [-0.1, -0.05) is 13.3 Å². The molecule has 0 aliphatic carbocycles. The van der Waals surface area contributed by atoms with Crippen molar-refractivity contribution in [2.75, 3.05) is 13.2 Å². The van der Waals surface area contributed by atoms with Gasteiger partial charge in [0.15, 0.2) is 0 Å². The number of unbranched alkanes of at least 4 members (excludes halogenated alkanes) is 1. The lowest BCUT2D eigenvalue weighted by atomic mass is 10.2. The highest BCUT2D eigenvalue weighted by atomic mass is 16.5. The number of hydrogen-bond donors (Lipinski definition) is 1. The third kappa shape index (κ3) is 2.89. The Hall–Kier alpha value is -1.39. The minimum atomic E-state index is 0.548. The summed E-state index contributed by atoms with van der Waals surface area (Å²) < 4.78 is 7.72. The zero-order chi connectivity index (χ0) is 12.8. The minimum Gasteiger partial charge on any atom is -0.380 e. The maximum atomic E-state index is 5.75. The molecule has 4 nitrogen and oxygen atoms in total. The van der Waals surface area contributed by atoms with Crippen LogP contribution in [-0.4, -0.2) is 22.8 Å². The van der Waals surface area contributed by atoms with Crippen LogP contribution in [0.5, 0.6) is 0 Å². The Kier molecular flexibility index (Phi) is 4.73. The number of rotatable bonds is 7. The van der Waals surface area contributed by atoms with Gasteiger partial charge in [0.05, 0.1) is 6.61 Å². The lowest BCUT2D eigenvalue weighted by Crippen LogP contribution is -2.06. The molecule has 0 saturated carbocycles. The van der Waals surface area contributed by atoms with Crippen LogP contribution in [0.15, 0.2) is 24.5 Å². The average molecular weight is 247 g/mol. The van der Waals surface area contributed by atoms with Crippen molar-refractivity contribution < 1.29 is 4.74 Å². The second-order valence-electron chi connectivity index (χ2n) is 4.39. The largest absolute Gasteiger partial charge is 0.380 e. The Morgan fingerprint density at radius 3 is 3.06 bits per heavy atom. The quantitative estimate of drug-likeness (QED) is 0.764. The van der Waals surface area contributed by atoms with E-state index in [1.807, 2.05) is 12.3 Å². The zero-order valence-electron chi connectivity index (χ0n) is 10.9. The Labute approximate surface area is 108 Å². The molecule has 4 heteroatoms. The summed E-state index contributed by atoms with van der Waals surface area (Å²) in [6, 6.07) is 4.02. The fourth-order valence-corrected chi connectivity index (χ4v) is 2.04. The first-order valence-corrected chi connectivity index (χ1v) is 6.57. The lowest BCUT2D eigenvalue weighted by Gasteiger charge is -2.05. The molecule has 0 spiro atoms. The lowest BCUT2D eigenvalue weighted by molar-refractivity contribution is 0.124. The van der Waals surface area contributed by atoms with E-state index in [0.717, 1.165) is 42.8 Å². The van der Waals surface area contributed by atoms with Crippen molar-refractivity contribution in [1.29, 1.82) is 0 Å². The van der Waals surface area contributed by atoms with Crippen LogP contribution < -0.4 is 5.73 Å². The van der Waals surface area contributed by atoms with Gasteiger partial charge in [0.25, 0.3) is 0 Å². The summed E-state index contributed by atoms with van der Waals surface area (Å²) in [7, 11) is 0. The van der Waals surface area contributed by atoms with Gasteiger partial charge in [0.1, 0.15) is 5.65 Å². The second-order valence-corrected chi connectivity index (χ2v) is 4.39. The molecule has 0 atom stereocenters. The van der Waals surface area contributed by atoms with Crippen molar-refractivity contribution in [3.63, 3.8) is 0 Å². The number of nitrogens with zero attached hydrogens (tertiary/aromatic N) is 2. The van der Waals surface area contributed by atoms with Gasteiger partial charge in [0.2, 0.25) is 0 Å². The molecule has 2 rings (SSSR count). The third-order valence-electron chi connectivity index (χ3n) is 3.06. The van der Waals surface area contributed by atoms with E-state index in [1.54, 1.807) is 0 Å². The number of fused-ring (bicyclic) bond motifs is 1. The van der Waals surface area contributed by atoms with Crippen LogP contribution in [0.1, 0.15) is 25.3 Å². The first kappa shape index (κ1) is 13.1. The van der Waals surface area contributed by atoms with E-state index in [9.17, 15) is 0 Å². The Bertz CT molecular complexity index is 493. The highest BCUT2D eigenvalue weighted by molar-refractivity contribution is 5.80. The smallest absolute Gasteiger partial charge is 0.140 e. The number of hydrogen-bond acceptors (Lipinski definition) is 3. The van der Waals surface area contributed by atoms with Crippen LogP contribution in [0.3, 0.4) is 0 Å². The van der Waals surface area contributed by atoms with E-state index >= 15 is 0 Å². The highest BCUT2D eigenvalue weighted by Crippen LogP contribution is 2.18. The molecule has 0 radical (unpaired) electrons. The predicted molar refractivity (Wildman–Crippen MR) is 73.4 cm³/mol. The number of pyridine rings is 1. The monoisotopic (exact) mass is 247 g/mol. The second kappa shape index (κ2) is 6.52. The molecule has 2 aromatic rings. The first-order chi connectivity index (χ1) is 8.86. The topological polar surface area (TPSA) is 53.1 Å². The fourth-order valence-electron chi connectivity index (χ4n) is 2.04. The van der Waals surface area contributed by atoms with Gasteiger partial charge in [-0.2, -0.15) is 0 Å². The van der Waals surface area contributed by atoms with Crippen LogP contribution in [0.4, 0.5) is 0 Å². The maximum Gasteiger partial charge on any atom is 0.140 e. The fraction of sp³-hybridized carbons (Fsp3) is 0.500. The van der Waals surface area contributed by atoms with Gasteiger partial charge in [-0.3, -0.25) is 0 Å². The summed E-state index contributed by atoms with van der Waals surface area (Å²) in [6.07, 6.45) is 6.20. The molecule has 0 amide bonds. The van der Waals surface area contributed by atoms with Crippen molar-refractivity contribution in [3.8, 4) is 0 Å². The predicted octanol–water partition coefficient (Wildman–Crippen LogP) is 2.31. The summed E-state index contributed by atoms with van der Waals surface area (Å²) in [4.78, 5) is 4.42. The Balaban J connectivity index is 2.04. The molecule has 0 bridgehead atoms. The van der Waals surface area contributed by atoms with Crippen molar-refractivity contribution in [2.45, 2.75) is 32.9 Å².